The van der Waals surface area contributed by atoms with Crippen LogP contribution in [0.5, 0.6) is 5.75 Å². The topological polar surface area (TPSA) is 83.9 Å². The van der Waals surface area contributed by atoms with E-state index in [2.05, 4.69) is 15.9 Å². The van der Waals surface area contributed by atoms with Gasteiger partial charge in [0.15, 0.2) is 5.54 Å². The third-order valence-corrected chi connectivity index (χ3v) is 5.26. The number of hydrogen-bond acceptors (Lipinski definition) is 4. The number of aldehydes is 1. The first kappa shape index (κ1) is 19.0. The Hall–Kier alpha value is -2.74. The van der Waals surface area contributed by atoms with Crippen LogP contribution in [0.2, 0.25) is 0 Å². The Balaban J connectivity index is 2.16. The number of aliphatic carboxylic acids is 1. The smallest absolute Gasteiger partial charge is 0.334 e. The maximum absolute atomic E-state index is 13.8. The summed E-state index contributed by atoms with van der Waals surface area (Å²) in [6.07, 6.45) is -0.00518. The number of carbonyl (C=O) groups excluding carboxylic acids is 2. The number of halogens is 2. The van der Waals surface area contributed by atoms with Crippen molar-refractivity contribution in [2.24, 2.45) is 0 Å². The van der Waals surface area contributed by atoms with Crippen LogP contribution in [0.3, 0.4) is 0 Å². The first-order chi connectivity index (χ1) is 12.8. The van der Waals surface area contributed by atoms with E-state index in [-0.39, 0.29) is 22.1 Å². The van der Waals surface area contributed by atoms with Crippen LogP contribution < -0.4 is 4.74 Å². The van der Waals surface area contributed by atoms with Gasteiger partial charge in [-0.3, -0.25) is 4.79 Å². The number of nitrogens with zero attached hydrogens (tertiary/aromatic N) is 1. The summed E-state index contributed by atoms with van der Waals surface area (Å²) in [4.78, 5) is 37.7. The van der Waals surface area contributed by atoms with Gasteiger partial charge in [-0.05, 0) is 29.8 Å². The highest BCUT2D eigenvalue weighted by Crippen LogP contribution is 2.46. The van der Waals surface area contributed by atoms with Crippen LogP contribution in [0.15, 0.2) is 40.9 Å². The average Bonchev–Trinajstić information content (AvgIpc) is 2.86. The van der Waals surface area contributed by atoms with Crippen molar-refractivity contribution in [3.8, 4) is 5.75 Å². The van der Waals surface area contributed by atoms with Gasteiger partial charge in [0.25, 0.3) is 5.91 Å². The van der Waals surface area contributed by atoms with Gasteiger partial charge < -0.3 is 19.5 Å². The minimum absolute atomic E-state index is 0.0638. The second kappa shape index (κ2) is 7.11. The van der Waals surface area contributed by atoms with Crippen molar-refractivity contribution in [3.63, 3.8) is 0 Å². The second-order valence-corrected chi connectivity index (χ2v) is 6.94. The highest BCUT2D eigenvalue weighted by molar-refractivity contribution is 9.10. The van der Waals surface area contributed by atoms with Crippen LogP contribution in [0.25, 0.3) is 0 Å². The fraction of sp³-hybridized carbons (Fsp3) is 0.211. The predicted octanol–water partition coefficient (Wildman–Crippen LogP) is 3.12. The molecule has 0 saturated carbocycles. The summed E-state index contributed by atoms with van der Waals surface area (Å²) in [5.41, 5.74) is -1.26. The molecule has 0 saturated heterocycles. The molecule has 2 aromatic carbocycles. The van der Waals surface area contributed by atoms with Gasteiger partial charge in [-0.25, -0.2) is 9.18 Å². The van der Waals surface area contributed by atoms with Gasteiger partial charge in [-0.2, -0.15) is 0 Å². The van der Waals surface area contributed by atoms with Crippen molar-refractivity contribution in [1.82, 2.24) is 4.90 Å². The Morgan fingerprint density at radius 3 is 2.56 bits per heavy atom. The van der Waals surface area contributed by atoms with Gasteiger partial charge in [-0.15, -0.1) is 0 Å². The molecule has 1 unspecified atom stereocenters. The normalized spacial score (nSPS) is 18.3. The van der Waals surface area contributed by atoms with E-state index in [1.165, 1.54) is 7.11 Å². The number of carboxylic acids is 1. The summed E-state index contributed by atoms with van der Waals surface area (Å²) in [7, 11) is 1.52. The number of carboxylic acid groups (broad SMARTS) is 1. The molecule has 27 heavy (non-hydrogen) atoms. The number of rotatable bonds is 6. The van der Waals surface area contributed by atoms with E-state index < -0.39 is 29.7 Å². The largest absolute Gasteiger partial charge is 0.497 e. The molecular formula is C19H15BrFNO5. The number of hydrogen-bond donors (Lipinski definition) is 1. The van der Waals surface area contributed by atoms with Gasteiger partial charge in [0.2, 0.25) is 0 Å². The highest BCUT2D eigenvalue weighted by Gasteiger charge is 2.56. The minimum atomic E-state index is -1.92. The Bertz CT molecular complexity index is 930. The Kier molecular flexibility index (Phi) is 5.01. The first-order valence-corrected chi connectivity index (χ1v) is 8.76. The number of methoxy groups -OCH3 is 1. The third-order valence-electron chi connectivity index (χ3n) is 4.64. The molecule has 0 spiro atoms. The molecule has 1 aliphatic rings. The van der Waals surface area contributed by atoms with E-state index in [1.54, 1.807) is 24.3 Å². The van der Waals surface area contributed by atoms with E-state index in [0.717, 1.165) is 17.0 Å². The van der Waals surface area contributed by atoms with Crippen molar-refractivity contribution >= 4 is 34.1 Å². The van der Waals surface area contributed by atoms with Crippen molar-refractivity contribution in [2.75, 3.05) is 7.11 Å². The minimum Gasteiger partial charge on any atom is -0.497 e. The molecule has 1 N–H and O–H groups in total. The van der Waals surface area contributed by atoms with E-state index in [1.807, 2.05) is 0 Å². The number of amides is 1. The molecule has 0 aliphatic carbocycles. The maximum Gasteiger partial charge on any atom is 0.334 e. The number of carbonyl (C=O) groups is 3. The summed E-state index contributed by atoms with van der Waals surface area (Å²) in [5, 5.41) is 10.00. The van der Waals surface area contributed by atoms with E-state index in [9.17, 15) is 23.9 Å². The quantitative estimate of drug-likeness (QED) is 0.704. The zero-order valence-electron chi connectivity index (χ0n) is 14.2. The number of benzene rings is 2. The van der Waals surface area contributed by atoms with Crippen molar-refractivity contribution < 1.29 is 28.6 Å². The van der Waals surface area contributed by atoms with Gasteiger partial charge >= 0.3 is 5.97 Å². The van der Waals surface area contributed by atoms with E-state index in [0.29, 0.717) is 17.6 Å². The molecule has 1 atom stereocenters. The molecule has 0 fully saturated rings. The zero-order valence-corrected chi connectivity index (χ0v) is 15.8. The van der Waals surface area contributed by atoms with Gasteiger partial charge in [0.1, 0.15) is 17.9 Å². The lowest BCUT2D eigenvalue weighted by atomic mass is 9.86. The van der Waals surface area contributed by atoms with Crippen molar-refractivity contribution in [1.29, 1.82) is 0 Å². The molecule has 0 aromatic heterocycles. The lowest BCUT2D eigenvalue weighted by Crippen LogP contribution is -2.49. The molecule has 0 bridgehead atoms. The van der Waals surface area contributed by atoms with E-state index >= 15 is 0 Å². The number of ether oxygens (including phenoxy) is 1. The summed E-state index contributed by atoms with van der Waals surface area (Å²) >= 11 is 3.16. The monoisotopic (exact) mass is 435 g/mol. The van der Waals surface area contributed by atoms with Crippen LogP contribution in [-0.2, 0) is 21.7 Å². The van der Waals surface area contributed by atoms with Crippen molar-refractivity contribution in [3.05, 3.63) is 63.4 Å². The molecule has 1 aliphatic heterocycles. The van der Waals surface area contributed by atoms with Crippen LogP contribution in [0.4, 0.5) is 4.39 Å². The van der Waals surface area contributed by atoms with Gasteiger partial charge in [-0.1, -0.05) is 28.1 Å². The van der Waals surface area contributed by atoms with E-state index in [4.69, 9.17) is 4.74 Å². The Labute approximate surface area is 162 Å². The first-order valence-electron chi connectivity index (χ1n) is 7.96. The molecule has 2 aromatic rings. The van der Waals surface area contributed by atoms with Crippen molar-refractivity contribution in [2.45, 2.75) is 18.5 Å². The average molecular weight is 436 g/mol. The molecule has 1 heterocycles. The lowest BCUT2D eigenvalue weighted by Gasteiger charge is -2.34. The summed E-state index contributed by atoms with van der Waals surface area (Å²) in [6, 6.07) is 8.84. The zero-order chi connectivity index (χ0) is 19.8. The molecule has 140 valence electrons. The highest BCUT2D eigenvalue weighted by atomic mass is 79.9. The Morgan fingerprint density at radius 1 is 1.33 bits per heavy atom. The predicted molar refractivity (Wildman–Crippen MR) is 97.0 cm³/mol. The summed E-state index contributed by atoms with van der Waals surface area (Å²) in [5.74, 6) is -2.07. The fourth-order valence-corrected chi connectivity index (χ4v) is 4.14. The van der Waals surface area contributed by atoms with Crippen LogP contribution in [0.1, 0.15) is 27.9 Å². The molecule has 3 rings (SSSR count). The molecule has 8 heteroatoms. The summed E-state index contributed by atoms with van der Waals surface area (Å²) in [6.45, 7) is -0.0638. The standard InChI is InChI=1S/C19H15BrFNO5/c1-27-13-4-2-11(3-5-13)10-22-17(24)14-8-12(21)9-15(20)16(14)19(22,6-7-23)18(25)26/h2-5,7-9H,6,10H2,1H3,(H,25,26). The molecule has 1 amide bonds. The molecular weight excluding hydrogens is 421 g/mol. The summed E-state index contributed by atoms with van der Waals surface area (Å²) < 4.78 is 19.1. The maximum atomic E-state index is 13.8. The van der Waals surface area contributed by atoms with Crippen LogP contribution >= 0.6 is 15.9 Å². The lowest BCUT2D eigenvalue weighted by molar-refractivity contribution is -0.152. The SMILES string of the molecule is COc1ccc(CN2C(=O)c3cc(F)cc(Br)c3C2(CC=O)C(=O)O)cc1. The van der Waals surface area contributed by atoms with Gasteiger partial charge in [0.05, 0.1) is 7.11 Å². The number of fused-ring (bicyclic) bond motifs is 1. The fourth-order valence-electron chi connectivity index (χ4n) is 3.38. The second-order valence-electron chi connectivity index (χ2n) is 6.09. The van der Waals surface area contributed by atoms with Crippen LogP contribution in [-0.4, -0.2) is 35.3 Å². The third kappa shape index (κ3) is 2.99. The van der Waals surface area contributed by atoms with Crippen LogP contribution in [0, 0.1) is 5.82 Å². The van der Waals surface area contributed by atoms with Gasteiger partial charge in [0, 0.05) is 28.6 Å². The Morgan fingerprint density at radius 2 is 2.00 bits per heavy atom. The molecule has 0 radical (unpaired) electrons. The molecule has 6 nitrogen and oxygen atoms in total.